The highest BCUT2D eigenvalue weighted by atomic mass is 32.2. The van der Waals surface area contributed by atoms with E-state index in [2.05, 4.69) is 78.9 Å². The van der Waals surface area contributed by atoms with Gasteiger partial charge in [0, 0.05) is 29.7 Å². The molecule has 5 rings (SSSR count). The number of carbonyl (C=O) groups is 2. The molecular formula is C39H44F3N3O4S. The predicted octanol–water partition coefficient (Wildman–Crippen LogP) is 7.78. The van der Waals surface area contributed by atoms with Crippen LogP contribution in [-0.2, 0) is 29.7 Å². The molecule has 4 aromatic rings. The van der Waals surface area contributed by atoms with Crippen LogP contribution >= 0.6 is 11.8 Å². The van der Waals surface area contributed by atoms with Crippen molar-refractivity contribution in [1.29, 1.82) is 0 Å². The standard InChI is InChI=1S/C23H25F3N2O4.C16H19NS/c1-14-11-28(15(2)12-29)22(31)18-4-3-5-19(21(18)32-13-14)27-20(30)10-16-6-8-17(9-7-16)23(24,25)26;1-17(2)12-14-8-10-16(11-9-14)18-13-15-6-4-3-5-7-15/h3-9,14-15,29H,10-13H2,1-2H3,(H,27,30);3-11H,12-13H2,1-2H3/t14-,15+;/m1./s1. The first-order chi connectivity index (χ1) is 23.8. The molecule has 2 N–H and O–H groups in total. The number of fused-ring (bicyclic) bond motifs is 1. The fourth-order valence-electron chi connectivity index (χ4n) is 5.28. The highest BCUT2D eigenvalue weighted by Crippen LogP contribution is 2.33. The van der Waals surface area contributed by atoms with Gasteiger partial charge in [0.1, 0.15) is 0 Å². The minimum absolute atomic E-state index is 0.00277. The van der Waals surface area contributed by atoms with Gasteiger partial charge < -0.3 is 25.0 Å². The second-order valence-electron chi connectivity index (χ2n) is 12.7. The van der Waals surface area contributed by atoms with Crippen LogP contribution in [0.1, 0.15) is 46.5 Å². The molecule has 50 heavy (non-hydrogen) atoms. The van der Waals surface area contributed by atoms with Crippen molar-refractivity contribution in [3.63, 3.8) is 0 Å². The van der Waals surface area contributed by atoms with Crippen LogP contribution in [0.3, 0.4) is 0 Å². The summed E-state index contributed by atoms with van der Waals surface area (Å²) < 4.78 is 44.0. The molecule has 0 radical (unpaired) electrons. The number of hydrogen-bond acceptors (Lipinski definition) is 6. The van der Waals surface area contributed by atoms with Gasteiger partial charge in [-0.05, 0) is 74.1 Å². The molecule has 7 nitrogen and oxygen atoms in total. The Balaban J connectivity index is 0.000000263. The maximum absolute atomic E-state index is 13.1. The van der Waals surface area contributed by atoms with Gasteiger partial charge in [0.15, 0.2) is 5.75 Å². The van der Waals surface area contributed by atoms with Crippen molar-refractivity contribution in [2.75, 3.05) is 39.2 Å². The fraction of sp³-hybridized carbons (Fsp3) is 0.333. The summed E-state index contributed by atoms with van der Waals surface area (Å²) in [5, 5.41) is 12.2. The first-order valence-corrected chi connectivity index (χ1v) is 17.4. The van der Waals surface area contributed by atoms with Crippen molar-refractivity contribution in [2.45, 2.75) is 49.7 Å². The Hall–Kier alpha value is -4.32. The number of para-hydroxylation sites is 1. The molecule has 0 spiro atoms. The average Bonchev–Trinajstić information content (AvgIpc) is 3.09. The lowest BCUT2D eigenvalue weighted by Gasteiger charge is -2.33. The van der Waals surface area contributed by atoms with Crippen LogP contribution in [0.4, 0.5) is 18.9 Å². The van der Waals surface area contributed by atoms with Crippen molar-refractivity contribution in [3.05, 3.63) is 125 Å². The third-order valence-electron chi connectivity index (χ3n) is 7.91. The van der Waals surface area contributed by atoms with Gasteiger partial charge in [-0.1, -0.05) is 67.6 Å². The van der Waals surface area contributed by atoms with Crippen molar-refractivity contribution in [3.8, 4) is 5.75 Å². The minimum Gasteiger partial charge on any atom is -0.490 e. The third-order valence-corrected chi connectivity index (χ3v) is 9.00. The molecule has 0 saturated heterocycles. The zero-order valence-electron chi connectivity index (χ0n) is 28.7. The van der Waals surface area contributed by atoms with Gasteiger partial charge in [0.05, 0.1) is 42.5 Å². The molecule has 0 aliphatic carbocycles. The lowest BCUT2D eigenvalue weighted by Crippen LogP contribution is -2.45. The first-order valence-electron chi connectivity index (χ1n) is 16.4. The van der Waals surface area contributed by atoms with Crippen molar-refractivity contribution in [1.82, 2.24) is 9.80 Å². The number of anilines is 1. The second kappa shape index (κ2) is 18.1. The van der Waals surface area contributed by atoms with E-state index in [1.165, 1.54) is 28.2 Å². The van der Waals surface area contributed by atoms with E-state index in [0.29, 0.717) is 24.4 Å². The zero-order valence-corrected chi connectivity index (χ0v) is 29.6. The molecule has 0 bridgehead atoms. The number of hydrogen-bond donors (Lipinski definition) is 2. The van der Waals surface area contributed by atoms with E-state index in [9.17, 15) is 27.9 Å². The third kappa shape index (κ3) is 11.4. The van der Waals surface area contributed by atoms with Crippen LogP contribution in [0.15, 0.2) is 102 Å². The van der Waals surface area contributed by atoms with E-state index < -0.39 is 17.6 Å². The van der Waals surface area contributed by atoms with E-state index in [-0.39, 0.29) is 42.2 Å². The van der Waals surface area contributed by atoms with Crippen LogP contribution < -0.4 is 10.1 Å². The molecule has 2 atom stereocenters. The van der Waals surface area contributed by atoms with Gasteiger partial charge in [0.25, 0.3) is 5.91 Å². The predicted molar refractivity (Wildman–Crippen MR) is 192 cm³/mol. The van der Waals surface area contributed by atoms with Gasteiger partial charge in [-0.15, -0.1) is 11.8 Å². The Morgan fingerprint density at radius 2 is 1.62 bits per heavy atom. The average molecular weight is 708 g/mol. The number of ether oxygens (including phenoxy) is 1. The summed E-state index contributed by atoms with van der Waals surface area (Å²) in [6.07, 6.45) is -4.58. The van der Waals surface area contributed by atoms with E-state index in [0.717, 1.165) is 24.4 Å². The van der Waals surface area contributed by atoms with E-state index in [4.69, 9.17) is 4.74 Å². The number of rotatable bonds is 10. The number of aliphatic hydroxyl groups is 1. The van der Waals surface area contributed by atoms with Crippen molar-refractivity contribution in [2.24, 2.45) is 5.92 Å². The van der Waals surface area contributed by atoms with E-state index in [1.54, 1.807) is 30.0 Å². The lowest BCUT2D eigenvalue weighted by molar-refractivity contribution is -0.137. The topological polar surface area (TPSA) is 82.1 Å². The number of nitrogens with zero attached hydrogens (tertiary/aromatic N) is 2. The van der Waals surface area contributed by atoms with Crippen LogP contribution in [0.2, 0.25) is 0 Å². The normalized spacial score (nSPS) is 15.2. The number of carbonyl (C=O) groups excluding carboxylic acids is 2. The SMILES string of the molecule is CN(C)Cc1ccc(SCc2ccccc2)cc1.C[C@H]1COc2c(NC(=O)Cc3ccc(C(F)(F)F)cc3)cccc2C(=O)N([C@@H](C)CO)C1. The van der Waals surface area contributed by atoms with E-state index >= 15 is 0 Å². The smallest absolute Gasteiger partial charge is 0.416 e. The second-order valence-corrected chi connectivity index (χ2v) is 13.7. The summed E-state index contributed by atoms with van der Waals surface area (Å²) in [6, 6.07) is 28.3. The van der Waals surface area contributed by atoms with Crippen LogP contribution in [-0.4, -0.2) is 66.6 Å². The summed E-state index contributed by atoms with van der Waals surface area (Å²) >= 11 is 1.89. The summed E-state index contributed by atoms with van der Waals surface area (Å²) in [4.78, 5) is 30.8. The number of thioether (sulfide) groups is 1. The Bertz CT molecular complexity index is 1680. The van der Waals surface area contributed by atoms with Crippen LogP contribution in [0.5, 0.6) is 5.75 Å². The summed E-state index contributed by atoms with van der Waals surface area (Å²) in [7, 11) is 4.19. The van der Waals surface area contributed by atoms with Crippen LogP contribution in [0.25, 0.3) is 0 Å². The lowest BCUT2D eigenvalue weighted by atomic mass is 10.0. The largest absolute Gasteiger partial charge is 0.490 e. The Labute approximate surface area is 296 Å². The molecular weight excluding hydrogens is 664 g/mol. The molecule has 1 heterocycles. The summed E-state index contributed by atoms with van der Waals surface area (Å²) in [5.74, 6) is 0.502. The molecule has 2 amide bonds. The molecule has 0 fully saturated rings. The number of benzene rings is 4. The van der Waals surface area contributed by atoms with Gasteiger partial charge >= 0.3 is 6.18 Å². The van der Waals surface area contributed by atoms with Gasteiger partial charge in [0.2, 0.25) is 5.91 Å². The molecule has 11 heteroatoms. The zero-order chi connectivity index (χ0) is 36.3. The maximum atomic E-state index is 13.1. The number of amides is 2. The number of alkyl halides is 3. The molecule has 1 aliphatic rings. The monoisotopic (exact) mass is 707 g/mol. The molecule has 0 aromatic heterocycles. The van der Waals surface area contributed by atoms with Crippen molar-refractivity contribution < 1.29 is 32.6 Å². The molecule has 4 aromatic carbocycles. The molecule has 0 unspecified atom stereocenters. The molecule has 266 valence electrons. The minimum atomic E-state index is -4.44. The van der Waals surface area contributed by atoms with Gasteiger partial charge in [-0.2, -0.15) is 13.2 Å². The highest BCUT2D eigenvalue weighted by Gasteiger charge is 2.31. The number of nitrogens with one attached hydrogen (secondary N) is 1. The quantitative estimate of drug-likeness (QED) is 0.164. The Morgan fingerprint density at radius 3 is 2.24 bits per heavy atom. The first kappa shape index (κ1) is 38.5. The van der Waals surface area contributed by atoms with Crippen molar-refractivity contribution >= 4 is 29.3 Å². The molecule has 1 aliphatic heterocycles. The number of aliphatic hydroxyl groups excluding tert-OH is 1. The summed E-state index contributed by atoms with van der Waals surface area (Å²) in [5.41, 5.74) is 2.95. The van der Waals surface area contributed by atoms with Gasteiger partial charge in [-0.3, -0.25) is 9.59 Å². The number of halogens is 3. The Morgan fingerprint density at radius 1 is 0.960 bits per heavy atom. The molecule has 0 saturated carbocycles. The maximum Gasteiger partial charge on any atom is 0.416 e. The summed E-state index contributed by atoms with van der Waals surface area (Å²) in [6.45, 7) is 5.22. The van der Waals surface area contributed by atoms with Gasteiger partial charge in [-0.25, -0.2) is 0 Å². The fourth-order valence-corrected chi connectivity index (χ4v) is 6.13. The Kier molecular flexibility index (Phi) is 13.9. The van der Waals surface area contributed by atoms with Crippen LogP contribution in [0, 0.1) is 5.92 Å². The van der Waals surface area contributed by atoms with E-state index in [1.807, 2.05) is 18.7 Å². The highest BCUT2D eigenvalue weighted by molar-refractivity contribution is 7.98.